The topological polar surface area (TPSA) is 57.8 Å². The molecule has 1 aromatic heterocycles. The summed E-state index contributed by atoms with van der Waals surface area (Å²) in [5, 5.41) is 9.71. The second kappa shape index (κ2) is 7.21. The van der Waals surface area contributed by atoms with Crippen molar-refractivity contribution in [1.82, 2.24) is 15.5 Å². The van der Waals surface area contributed by atoms with Gasteiger partial charge < -0.3 is 5.32 Å². The molecule has 0 saturated heterocycles. The van der Waals surface area contributed by atoms with E-state index in [1.807, 2.05) is 0 Å². The fourth-order valence-electron chi connectivity index (χ4n) is 2.38. The van der Waals surface area contributed by atoms with Crippen molar-refractivity contribution in [1.29, 1.82) is 0 Å². The molecular weight excluding hydrogens is 367 g/mol. The van der Waals surface area contributed by atoms with Crippen LogP contribution in [0.2, 0.25) is 5.02 Å². The minimum atomic E-state index is -4.42. The Hall–Kier alpha value is -2.80. The third-order valence-electron chi connectivity index (χ3n) is 3.68. The fraction of sp³-hybridized carbons (Fsp3) is 0.111. The number of hydrogen-bond acceptors (Lipinski definition) is 2. The number of carbonyl (C=O) groups excluding carboxylic acids is 1. The van der Waals surface area contributed by atoms with E-state index in [-0.39, 0.29) is 12.2 Å². The van der Waals surface area contributed by atoms with Gasteiger partial charge in [-0.25, -0.2) is 0 Å². The van der Waals surface area contributed by atoms with E-state index >= 15 is 0 Å². The fourth-order valence-corrected chi connectivity index (χ4v) is 2.61. The van der Waals surface area contributed by atoms with Crippen LogP contribution in [0.5, 0.6) is 0 Å². The molecule has 0 fully saturated rings. The molecule has 1 heterocycles. The van der Waals surface area contributed by atoms with E-state index in [0.717, 1.165) is 12.1 Å². The van der Waals surface area contributed by atoms with Gasteiger partial charge in [0.15, 0.2) is 0 Å². The Kier molecular flexibility index (Phi) is 4.99. The Balaban J connectivity index is 1.69. The number of alkyl halides is 3. The number of aromatic amines is 1. The zero-order valence-corrected chi connectivity index (χ0v) is 14.0. The summed E-state index contributed by atoms with van der Waals surface area (Å²) in [5.74, 6) is -0.479. The largest absolute Gasteiger partial charge is 0.416 e. The van der Waals surface area contributed by atoms with Crippen LogP contribution in [0.25, 0.3) is 11.3 Å². The predicted octanol–water partition coefficient (Wildman–Crippen LogP) is 4.68. The predicted molar refractivity (Wildman–Crippen MR) is 91.6 cm³/mol. The van der Waals surface area contributed by atoms with Crippen molar-refractivity contribution in [3.8, 4) is 11.3 Å². The van der Waals surface area contributed by atoms with E-state index in [1.54, 1.807) is 24.3 Å². The number of nitrogens with zero attached hydrogens (tertiary/aromatic N) is 1. The molecule has 2 N–H and O–H groups in total. The Morgan fingerprint density at radius 1 is 1.12 bits per heavy atom. The molecular formula is C18H13ClF3N3O. The molecule has 0 aliphatic heterocycles. The zero-order chi connectivity index (χ0) is 18.7. The van der Waals surface area contributed by atoms with Gasteiger partial charge in [-0.3, -0.25) is 9.89 Å². The van der Waals surface area contributed by atoms with Gasteiger partial charge in [-0.05, 0) is 29.8 Å². The van der Waals surface area contributed by atoms with Crippen molar-refractivity contribution in [3.63, 3.8) is 0 Å². The summed E-state index contributed by atoms with van der Waals surface area (Å²) in [4.78, 5) is 12.2. The zero-order valence-electron chi connectivity index (χ0n) is 13.3. The van der Waals surface area contributed by atoms with Crippen molar-refractivity contribution in [2.24, 2.45) is 0 Å². The van der Waals surface area contributed by atoms with Gasteiger partial charge in [0.25, 0.3) is 5.91 Å². The SMILES string of the molecule is O=C(NCc1cccc(C(F)(F)F)c1)c1cc(-c2ccccc2Cl)n[nH]1. The smallest absolute Gasteiger partial charge is 0.347 e. The van der Waals surface area contributed by atoms with Gasteiger partial charge in [-0.15, -0.1) is 0 Å². The lowest BCUT2D eigenvalue weighted by Gasteiger charge is -2.09. The normalized spacial score (nSPS) is 11.4. The van der Waals surface area contributed by atoms with Crippen molar-refractivity contribution in [2.45, 2.75) is 12.7 Å². The average Bonchev–Trinajstić information content (AvgIpc) is 3.09. The summed E-state index contributed by atoms with van der Waals surface area (Å²) >= 11 is 6.09. The molecule has 0 bridgehead atoms. The molecule has 0 unspecified atom stereocenters. The van der Waals surface area contributed by atoms with Gasteiger partial charge >= 0.3 is 6.18 Å². The van der Waals surface area contributed by atoms with Crippen LogP contribution in [0.1, 0.15) is 21.6 Å². The van der Waals surface area contributed by atoms with E-state index in [2.05, 4.69) is 15.5 Å². The molecule has 3 aromatic rings. The van der Waals surface area contributed by atoms with E-state index in [9.17, 15) is 18.0 Å². The third kappa shape index (κ3) is 4.05. The van der Waals surface area contributed by atoms with Crippen LogP contribution in [0.15, 0.2) is 54.6 Å². The Morgan fingerprint density at radius 2 is 1.88 bits per heavy atom. The van der Waals surface area contributed by atoms with E-state index < -0.39 is 17.6 Å². The summed E-state index contributed by atoms with van der Waals surface area (Å²) in [6.07, 6.45) is -4.42. The Morgan fingerprint density at radius 3 is 2.62 bits per heavy atom. The molecule has 8 heteroatoms. The number of nitrogens with one attached hydrogen (secondary N) is 2. The highest BCUT2D eigenvalue weighted by Crippen LogP contribution is 2.29. The lowest BCUT2D eigenvalue weighted by atomic mass is 10.1. The van der Waals surface area contributed by atoms with Crippen LogP contribution in [0.3, 0.4) is 0 Å². The Bertz CT molecular complexity index is 937. The van der Waals surface area contributed by atoms with Gasteiger partial charge in [0.1, 0.15) is 5.69 Å². The van der Waals surface area contributed by atoms with Crippen molar-refractivity contribution >= 4 is 17.5 Å². The highest BCUT2D eigenvalue weighted by atomic mass is 35.5. The van der Waals surface area contributed by atoms with E-state index in [4.69, 9.17) is 11.6 Å². The summed E-state index contributed by atoms with van der Waals surface area (Å²) in [7, 11) is 0. The van der Waals surface area contributed by atoms with Gasteiger partial charge in [0.2, 0.25) is 0 Å². The maximum atomic E-state index is 12.7. The molecule has 26 heavy (non-hydrogen) atoms. The van der Waals surface area contributed by atoms with Crippen molar-refractivity contribution in [2.75, 3.05) is 0 Å². The van der Waals surface area contributed by atoms with Gasteiger partial charge in [0.05, 0.1) is 16.3 Å². The number of halogens is 4. The summed E-state index contributed by atoms with van der Waals surface area (Å²) < 4.78 is 38.2. The first-order chi connectivity index (χ1) is 12.3. The summed E-state index contributed by atoms with van der Waals surface area (Å²) in [5.41, 5.74) is 0.944. The molecule has 0 saturated carbocycles. The summed E-state index contributed by atoms with van der Waals surface area (Å²) in [6.45, 7) is -0.0385. The number of carbonyl (C=O) groups is 1. The molecule has 0 atom stereocenters. The first kappa shape index (κ1) is 18.0. The first-order valence-electron chi connectivity index (χ1n) is 7.59. The second-order valence-electron chi connectivity index (χ2n) is 5.53. The van der Waals surface area contributed by atoms with Gasteiger partial charge in [-0.1, -0.05) is 41.9 Å². The molecule has 0 radical (unpaired) electrons. The minimum absolute atomic E-state index is 0.0385. The average molecular weight is 380 g/mol. The molecule has 0 aliphatic rings. The van der Waals surface area contributed by atoms with Crippen LogP contribution in [-0.2, 0) is 12.7 Å². The monoisotopic (exact) mass is 379 g/mol. The van der Waals surface area contributed by atoms with Gasteiger partial charge in [-0.2, -0.15) is 18.3 Å². The lowest BCUT2D eigenvalue weighted by Crippen LogP contribution is -2.23. The lowest BCUT2D eigenvalue weighted by molar-refractivity contribution is -0.137. The number of hydrogen-bond donors (Lipinski definition) is 2. The van der Waals surface area contributed by atoms with Crippen LogP contribution in [-0.4, -0.2) is 16.1 Å². The Labute approximate surface area is 152 Å². The molecule has 0 spiro atoms. The van der Waals surface area contributed by atoms with Crippen molar-refractivity contribution < 1.29 is 18.0 Å². The standard InChI is InChI=1S/C18H13ClF3N3O/c19-14-7-2-1-6-13(14)15-9-16(25-24-15)17(26)23-10-11-4-3-5-12(8-11)18(20,21)22/h1-9H,10H2,(H,23,26)(H,24,25). The number of rotatable bonds is 4. The number of aromatic nitrogens is 2. The number of H-pyrrole nitrogens is 1. The van der Waals surface area contributed by atoms with Crippen molar-refractivity contribution in [3.05, 3.63) is 76.4 Å². The number of amides is 1. The van der Waals surface area contributed by atoms with E-state index in [1.165, 1.54) is 18.2 Å². The molecule has 134 valence electrons. The molecule has 4 nitrogen and oxygen atoms in total. The highest BCUT2D eigenvalue weighted by Gasteiger charge is 2.30. The van der Waals surface area contributed by atoms with Crippen LogP contribution >= 0.6 is 11.6 Å². The minimum Gasteiger partial charge on any atom is -0.347 e. The van der Waals surface area contributed by atoms with Gasteiger partial charge in [0, 0.05) is 12.1 Å². The maximum absolute atomic E-state index is 12.7. The second-order valence-corrected chi connectivity index (χ2v) is 5.93. The third-order valence-corrected chi connectivity index (χ3v) is 4.01. The first-order valence-corrected chi connectivity index (χ1v) is 7.97. The van der Waals surface area contributed by atoms with Crippen LogP contribution in [0.4, 0.5) is 13.2 Å². The van der Waals surface area contributed by atoms with E-state index in [0.29, 0.717) is 21.8 Å². The van der Waals surface area contributed by atoms with Crippen LogP contribution in [0, 0.1) is 0 Å². The molecule has 2 aromatic carbocycles. The highest BCUT2D eigenvalue weighted by molar-refractivity contribution is 6.33. The molecule has 1 amide bonds. The summed E-state index contributed by atoms with van der Waals surface area (Å²) in [6, 6.07) is 13.4. The maximum Gasteiger partial charge on any atom is 0.416 e. The molecule has 0 aliphatic carbocycles. The van der Waals surface area contributed by atoms with Crippen LogP contribution < -0.4 is 5.32 Å². The quantitative estimate of drug-likeness (QED) is 0.691. The number of benzene rings is 2. The molecule has 3 rings (SSSR count).